The summed E-state index contributed by atoms with van der Waals surface area (Å²) in [5, 5.41) is 7.96. The number of rotatable bonds is 3. The van der Waals surface area contributed by atoms with Crippen molar-refractivity contribution in [2.45, 2.75) is 11.8 Å². The van der Waals surface area contributed by atoms with Crippen molar-refractivity contribution in [1.82, 2.24) is 4.98 Å². The predicted molar refractivity (Wildman–Crippen MR) is 57.7 cm³/mol. The Balaban J connectivity index is 2.38. The van der Waals surface area contributed by atoms with Crippen molar-refractivity contribution in [3.05, 3.63) is 34.3 Å². The van der Waals surface area contributed by atoms with Crippen LogP contribution in [0.15, 0.2) is 27.4 Å². The number of benzene rings is 1. The lowest BCUT2D eigenvalue weighted by molar-refractivity contribution is -0.137. The monoisotopic (exact) mass is 241 g/mol. The molecule has 0 fully saturated rings. The van der Waals surface area contributed by atoms with Crippen molar-refractivity contribution in [2.75, 3.05) is 0 Å². The smallest absolute Gasteiger partial charge is 0.417 e. The number of hydrogen-bond acceptors (Lipinski definition) is 3. The van der Waals surface area contributed by atoms with Crippen molar-refractivity contribution >= 4 is 28.7 Å². The highest BCUT2D eigenvalue weighted by Gasteiger charge is 2.13. The van der Waals surface area contributed by atoms with Crippen LogP contribution in [0.3, 0.4) is 0 Å². The minimum Gasteiger partial charge on any atom is -0.481 e. The number of aromatic nitrogens is 1. The van der Waals surface area contributed by atoms with Gasteiger partial charge in [-0.05, 0) is 17.7 Å². The second-order valence-electron chi connectivity index (χ2n) is 3.34. The Morgan fingerprint density at radius 1 is 1.56 bits per heavy atom. The molecule has 0 amide bonds. The van der Waals surface area contributed by atoms with Crippen LogP contribution < -0.4 is 5.76 Å². The number of carbonyl (C=O) groups is 1. The summed E-state index contributed by atoms with van der Waals surface area (Å²) in [6.45, 7) is 0. The number of halogens is 1. The van der Waals surface area contributed by atoms with Crippen molar-refractivity contribution in [1.29, 1.82) is 0 Å². The van der Waals surface area contributed by atoms with Gasteiger partial charge in [0.2, 0.25) is 0 Å². The summed E-state index contributed by atoms with van der Waals surface area (Å²) in [7, 11) is 0. The van der Waals surface area contributed by atoms with Gasteiger partial charge in [0.25, 0.3) is 0 Å². The first-order chi connectivity index (χ1) is 7.56. The Kier molecular flexibility index (Phi) is 2.70. The molecule has 1 aromatic carbocycles. The molecule has 2 aromatic rings. The van der Waals surface area contributed by atoms with Crippen LogP contribution >= 0.6 is 11.6 Å². The summed E-state index contributed by atoms with van der Waals surface area (Å²) in [4.78, 5) is 23.9. The number of fused-ring (bicyclic) bond motifs is 1. The molecule has 0 bridgehead atoms. The summed E-state index contributed by atoms with van der Waals surface area (Å²) < 4.78 is 4.85. The molecule has 2 rings (SSSR count). The number of nitrogens with one attached hydrogen (secondary N) is 1. The van der Waals surface area contributed by atoms with E-state index < -0.39 is 17.1 Å². The summed E-state index contributed by atoms with van der Waals surface area (Å²) in [5.74, 6) is -1.52. The van der Waals surface area contributed by atoms with Gasteiger partial charge in [0, 0.05) is 0 Å². The van der Waals surface area contributed by atoms with Gasteiger partial charge in [-0.3, -0.25) is 9.78 Å². The molecular formula is C10H8ClNO4. The second kappa shape index (κ2) is 4.02. The van der Waals surface area contributed by atoms with Gasteiger partial charge < -0.3 is 9.52 Å². The molecule has 0 aliphatic carbocycles. The Morgan fingerprint density at radius 3 is 3.00 bits per heavy atom. The molecular weight excluding hydrogens is 234 g/mol. The Labute approximate surface area is 94.6 Å². The van der Waals surface area contributed by atoms with Crippen LogP contribution in [0.4, 0.5) is 0 Å². The Morgan fingerprint density at radius 2 is 2.31 bits per heavy atom. The molecule has 0 saturated heterocycles. The maximum absolute atomic E-state index is 10.9. The lowest BCUT2D eigenvalue weighted by Gasteiger charge is -2.05. The fourth-order valence-electron chi connectivity index (χ4n) is 1.43. The van der Waals surface area contributed by atoms with Crippen molar-refractivity contribution in [3.8, 4) is 0 Å². The van der Waals surface area contributed by atoms with Gasteiger partial charge in [0.15, 0.2) is 5.58 Å². The standard InChI is InChI=1S/C10H8ClNO4/c11-6(4-9(13)14)5-1-2-7-8(3-5)16-10(15)12-7/h1-3,6H,4H2,(H,12,15)(H,13,14). The van der Waals surface area contributed by atoms with Crippen LogP contribution in [0.2, 0.25) is 0 Å². The molecule has 0 saturated carbocycles. The zero-order valence-corrected chi connectivity index (χ0v) is 8.82. The number of alkyl halides is 1. The lowest BCUT2D eigenvalue weighted by Crippen LogP contribution is -2.00. The maximum atomic E-state index is 10.9. The predicted octanol–water partition coefficient (Wildman–Crippen LogP) is 1.88. The number of hydrogen-bond donors (Lipinski definition) is 2. The summed E-state index contributed by atoms with van der Waals surface area (Å²) in [5.41, 5.74) is 1.55. The topological polar surface area (TPSA) is 83.3 Å². The molecule has 1 aromatic heterocycles. The summed E-state index contributed by atoms with van der Waals surface area (Å²) >= 11 is 5.90. The average molecular weight is 242 g/mol. The van der Waals surface area contributed by atoms with Crippen molar-refractivity contribution in [3.63, 3.8) is 0 Å². The van der Waals surface area contributed by atoms with Crippen LogP contribution in [0.1, 0.15) is 17.4 Å². The minimum atomic E-state index is -0.976. The number of H-pyrrole nitrogens is 1. The zero-order chi connectivity index (χ0) is 11.7. The highest BCUT2D eigenvalue weighted by atomic mass is 35.5. The maximum Gasteiger partial charge on any atom is 0.417 e. The fourth-order valence-corrected chi connectivity index (χ4v) is 1.70. The van der Waals surface area contributed by atoms with E-state index in [4.69, 9.17) is 21.1 Å². The second-order valence-corrected chi connectivity index (χ2v) is 3.86. The first-order valence-corrected chi connectivity index (χ1v) is 4.98. The van der Waals surface area contributed by atoms with Gasteiger partial charge in [-0.2, -0.15) is 0 Å². The van der Waals surface area contributed by atoms with Gasteiger partial charge in [0.05, 0.1) is 17.3 Å². The van der Waals surface area contributed by atoms with E-state index in [1.54, 1.807) is 18.2 Å². The van der Waals surface area contributed by atoms with Crippen LogP contribution in [0.25, 0.3) is 11.1 Å². The van der Waals surface area contributed by atoms with E-state index in [-0.39, 0.29) is 6.42 Å². The molecule has 1 heterocycles. The lowest BCUT2D eigenvalue weighted by atomic mass is 10.1. The van der Waals surface area contributed by atoms with Crippen LogP contribution in [0.5, 0.6) is 0 Å². The van der Waals surface area contributed by atoms with Crippen LogP contribution in [0, 0.1) is 0 Å². The van der Waals surface area contributed by atoms with Crippen LogP contribution in [-0.2, 0) is 4.79 Å². The first kappa shape index (κ1) is 10.8. The Hall–Kier alpha value is -1.75. The van der Waals surface area contributed by atoms with E-state index in [0.717, 1.165) is 0 Å². The third-order valence-electron chi connectivity index (χ3n) is 2.16. The third-order valence-corrected chi connectivity index (χ3v) is 2.57. The molecule has 1 unspecified atom stereocenters. The van der Waals surface area contributed by atoms with Gasteiger partial charge in [-0.25, -0.2) is 4.79 Å². The third kappa shape index (κ3) is 2.09. The number of carboxylic acid groups (broad SMARTS) is 1. The molecule has 0 spiro atoms. The number of carboxylic acids is 1. The molecule has 0 aliphatic heterocycles. The number of aromatic amines is 1. The highest BCUT2D eigenvalue weighted by molar-refractivity contribution is 6.21. The van der Waals surface area contributed by atoms with Gasteiger partial charge in [0.1, 0.15) is 0 Å². The molecule has 2 N–H and O–H groups in total. The van der Waals surface area contributed by atoms with E-state index in [1.807, 2.05) is 0 Å². The normalized spacial score (nSPS) is 12.8. The van der Waals surface area contributed by atoms with Crippen molar-refractivity contribution in [2.24, 2.45) is 0 Å². The van der Waals surface area contributed by atoms with Gasteiger partial charge >= 0.3 is 11.7 Å². The number of aliphatic carboxylic acids is 1. The molecule has 84 valence electrons. The van der Waals surface area contributed by atoms with E-state index in [2.05, 4.69) is 4.98 Å². The molecule has 6 heteroatoms. The highest BCUT2D eigenvalue weighted by Crippen LogP contribution is 2.26. The largest absolute Gasteiger partial charge is 0.481 e. The van der Waals surface area contributed by atoms with Gasteiger partial charge in [-0.15, -0.1) is 11.6 Å². The summed E-state index contributed by atoms with van der Waals surface area (Å²) in [6.07, 6.45) is -0.179. The van der Waals surface area contributed by atoms with E-state index in [0.29, 0.717) is 16.7 Å². The molecule has 16 heavy (non-hydrogen) atoms. The minimum absolute atomic E-state index is 0.179. The van der Waals surface area contributed by atoms with E-state index >= 15 is 0 Å². The number of oxazole rings is 1. The van der Waals surface area contributed by atoms with Crippen LogP contribution in [-0.4, -0.2) is 16.1 Å². The van der Waals surface area contributed by atoms with Gasteiger partial charge in [-0.1, -0.05) is 6.07 Å². The summed E-state index contributed by atoms with van der Waals surface area (Å²) in [6, 6.07) is 4.86. The van der Waals surface area contributed by atoms with E-state index in [9.17, 15) is 9.59 Å². The Bertz CT molecular complexity index is 586. The molecule has 1 atom stereocenters. The fraction of sp³-hybridized carbons (Fsp3) is 0.200. The average Bonchev–Trinajstić information content (AvgIpc) is 2.55. The first-order valence-electron chi connectivity index (χ1n) is 4.55. The SMILES string of the molecule is O=C(O)CC(Cl)c1ccc2[nH]c(=O)oc2c1. The molecule has 0 radical (unpaired) electrons. The zero-order valence-electron chi connectivity index (χ0n) is 8.07. The quantitative estimate of drug-likeness (QED) is 0.804. The van der Waals surface area contributed by atoms with E-state index in [1.165, 1.54) is 0 Å². The molecule has 5 nitrogen and oxygen atoms in total. The van der Waals surface area contributed by atoms with Crippen molar-refractivity contribution < 1.29 is 14.3 Å². The molecule has 0 aliphatic rings.